The van der Waals surface area contributed by atoms with Gasteiger partial charge in [-0.25, -0.2) is 8.42 Å². The van der Waals surface area contributed by atoms with Crippen LogP contribution in [-0.4, -0.2) is 34.9 Å². The van der Waals surface area contributed by atoms with Crippen LogP contribution in [0, 0.1) is 6.92 Å². The van der Waals surface area contributed by atoms with Gasteiger partial charge in [-0.15, -0.1) is 6.58 Å². The fourth-order valence-corrected chi connectivity index (χ4v) is 5.91. The molecule has 1 aromatic heterocycles. The highest BCUT2D eigenvalue weighted by Gasteiger charge is 2.44. The predicted molar refractivity (Wildman–Crippen MR) is 107 cm³/mol. The molecule has 28 heavy (non-hydrogen) atoms. The molecule has 3 aromatic rings. The monoisotopic (exact) mass is 396 g/mol. The minimum absolute atomic E-state index is 0.166. The topological polar surface area (TPSA) is 79.6 Å². The van der Waals surface area contributed by atoms with E-state index in [0.717, 1.165) is 22.2 Å². The zero-order valence-electron chi connectivity index (χ0n) is 15.4. The first-order valence-corrected chi connectivity index (χ1v) is 10.3. The van der Waals surface area contributed by atoms with Gasteiger partial charge in [-0.3, -0.25) is 4.79 Å². The van der Waals surface area contributed by atoms with Crippen LogP contribution >= 0.6 is 0 Å². The van der Waals surface area contributed by atoms with Crippen LogP contribution in [0.15, 0.2) is 66.1 Å². The van der Waals surface area contributed by atoms with Crippen molar-refractivity contribution in [3.05, 3.63) is 78.0 Å². The second-order valence-electron chi connectivity index (χ2n) is 6.80. The summed E-state index contributed by atoms with van der Waals surface area (Å²) in [5.41, 5.74) is 3.03. The van der Waals surface area contributed by atoms with Crippen LogP contribution in [0.25, 0.3) is 10.9 Å². The lowest BCUT2D eigenvalue weighted by Gasteiger charge is -2.23. The Bertz CT molecular complexity index is 1210. The molecule has 0 fully saturated rings. The molecule has 2 aromatic carbocycles. The van der Waals surface area contributed by atoms with Gasteiger partial charge < -0.3 is 9.67 Å². The van der Waals surface area contributed by atoms with Gasteiger partial charge >= 0.3 is 5.97 Å². The van der Waals surface area contributed by atoms with Crippen molar-refractivity contribution < 1.29 is 18.3 Å². The average Bonchev–Trinajstić information content (AvgIpc) is 3.05. The summed E-state index contributed by atoms with van der Waals surface area (Å²) < 4.78 is 29.5. The molecule has 0 amide bonds. The van der Waals surface area contributed by atoms with E-state index >= 15 is 0 Å². The van der Waals surface area contributed by atoms with Crippen molar-refractivity contribution >= 4 is 26.9 Å². The van der Waals surface area contributed by atoms with Gasteiger partial charge in [-0.1, -0.05) is 42.5 Å². The third-order valence-electron chi connectivity index (χ3n) is 5.24. The molecular formula is C21H20N2O4S. The molecule has 0 saturated carbocycles. The Morgan fingerprint density at radius 3 is 2.57 bits per heavy atom. The van der Waals surface area contributed by atoms with Gasteiger partial charge in [0, 0.05) is 28.7 Å². The van der Waals surface area contributed by atoms with Gasteiger partial charge in [0.05, 0.1) is 10.9 Å². The Balaban J connectivity index is 2.05. The van der Waals surface area contributed by atoms with E-state index in [-0.39, 0.29) is 18.0 Å². The van der Waals surface area contributed by atoms with Crippen molar-refractivity contribution in [3.63, 3.8) is 0 Å². The molecule has 0 spiro atoms. The van der Waals surface area contributed by atoms with Gasteiger partial charge in [0.25, 0.3) is 0 Å². The average molecular weight is 396 g/mol. The van der Waals surface area contributed by atoms with Gasteiger partial charge in [0.2, 0.25) is 10.0 Å². The number of hydrogen-bond donors (Lipinski definition) is 1. The normalized spacial score (nSPS) is 18.2. The summed E-state index contributed by atoms with van der Waals surface area (Å²) in [5.74, 6) is -0.946. The highest BCUT2D eigenvalue weighted by molar-refractivity contribution is 7.89. The molecule has 1 unspecified atom stereocenters. The molecule has 4 rings (SSSR count). The maximum absolute atomic E-state index is 13.2. The summed E-state index contributed by atoms with van der Waals surface area (Å²) in [5, 5.41) is 10.2. The van der Waals surface area contributed by atoms with Gasteiger partial charge in [0.15, 0.2) is 0 Å². The molecule has 1 N–H and O–H groups in total. The molecular weight excluding hydrogens is 376 g/mol. The number of aliphatic carboxylic acids is 1. The number of fused-ring (bicyclic) bond motifs is 2. The fourth-order valence-electron chi connectivity index (χ4n) is 4.13. The molecule has 0 radical (unpaired) electrons. The third-order valence-corrected chi connectivity index (χ3v) is 7.15. The SMILES string of the molecule is C=CCN1C(c2c(C)n(CC(=O)O)c3ccccc23)c2ccccc2S1(=O)=O. The van der Waals surface area contributed by atoms with Crippen molar-refractivity contribution in [1.82, 2.24) is 8.87 Å². The molecule has 2 heterocycles. The predicted octanol–water partition coefficient (Wildman–Crippen LogP) is 3.31. The first-order valence-electron chi connectivity index (χ1n) is 8.89. The van der Waals surface area contributed by atoms with E-state index < -0.39 is 22.0 Å². The largest absolute Gasteiger partial charge is 0.480 e. The number of rotatable bonds is 5. The summed E-state index contributed by atoms with van der Waals surface area (Å²) >= 11 is 0. The van der Waals surface area contributed by atoms with E-state index in [4.69, 9.17) is 0 Å². The first kappa shape index (κ1) is 18.5. The van der Waals surface area contributed by atoms with Crippen LogP contribution in [0.1, 0.15) is 22.9 Å². The molecule has 1 aliphatic heterocycles. The summed E-state index contributed by atoms with van der Waals surface area (Å²) in [6.45, 7) is 5.55. The zero-order chi connectivity index (χ0) is 20.1. The number of carboxylic acids is 1. The van der Waals surface area contributed by atoms with Gasteiger partial charge in [-0.05, 0) is 24.6 Å². The lowest BCUT2D eigenvalue weighted by Crippen LogP contribution is -2.29. The number of hydrogen-bond acceptors (Lipinski definition) is 3. The van der Waals surface area contributed by atoms with E-state index in [1.807, 2.05) is 43.3 Å². The quantitative estimate of drug-likeness (QED) is 0.671. The Kier molecular flexibility index (Phi) is 4.36. The summed E-state index contributed by atoms with van der Waals surface area (Å²) in [4.78, 5) is 11.7. The lowest BCUT2D eigenvalue weighted by atomic mass is 9.96. The molecule has 0 saturated heterocycles. The maximum atomic E-state index is 13.2. The van der Waals surface area contributed by atoms with E-state index in [2.05, 4.69) is 6.58 Å². The van der Waals surface area contributed by atoms with Crippen molar-refractivity contribution in [2.24, 2.45) is 0 Å². The number of carboxylic acid groups (broad SMARTS) is 1. The van der Waals surface area contributed by atoms with Crippen LogP contribution < -0.4 is 0 Å². The summed E-state index contributed by atoms with van der Waals surface area (Å²) in [6, 6.07) is 14.0. The number of benzene rings is 2. The summed E-state index contributed by atoms with van der Waals surface area (Å²) in [6.07, 6.45) is 1.57. The molecule has 6 nitrogen and oxygen atoms in total. The van der Waals surface area contributed by atoms with Crippen molar-refractivity contribution in [1.29, 1.82) is 0 Å². The van der Waals surface area contributed by atoms with Crippen molar-refractivity contribution in [3.8, 4) is 0 Å². The van der Waals surface area contributed by atoms with E-state index in [1.54, 1.807) is 22.8 Å². The smallest absolute Gasteiger partial charge is 0.323 e. The second kappa shape index (κ2) is 6.61. The standard InChI is InChI=1S/C21H20N2O4S/c1-3-12-23-21(16-9-5-7-11-18(16)28(23,26)27)20-14(2)22(13-19(24)25)17-10-6-4-8-15(17)20/h3-11,21H,1,12-13H2,2H3,(H,24,25). The number of sulfonamides is 1. The Labute approximate surface area is 163 Å². The number of nitrogens with zero attached hydrogens (tertiary/aromatic N) is 2. The molecule has 0 bridgehead atoms. The molecule has 144 valence electrons. The molecule has 7 heteroatoms. The molecule has 1 atom stereocenters. The van der Waals surface area contributed by atoms with Crippen LogP contribution in [0.5, 0.6) is 0 Å². The lowest BCUT2D eigenvalue weighted by molar-refractivity contribution is -0.137. The zero-order valence-corrected chi connectivity index (χ0v) is 16.2. The van der Waals surface area contributed by atoms with Crippen LogP contribution in [0.2, 0.25) is 0 Å². The van der Waals surface area contributed by atoms with E-state index in [9.17, 15) is 18.3 Å². The van der Waals surface area contributed by atoms with E-state index in [0.29, 0.717) is 5.56 Å². The molecule has 0 aliphatic carbocycles. The first-order chi connectivity index (χ1) is 13.4. The maximum Gasteiger partial charge on any atom is 0.323 e. The minimum Gasteiger partial charge on any atom is -0.480 e. The van der Waals surface area contributed by atoms with Crippen LogP contribution in [0.3, 0.4) is 0 Å². The summed E-state index contributed by atoms with van der Waals surface area (Å²) in [7, 11) is -3.67. The Morgan fingerprint density at radius 1 is 1.18 bits per heavy atom. The third kappa shape index (κ3) is 2.58. The number of aromatic nitrogens is 1. The van der Waals surface area contributed by atoms with Gasteiger partial charge in [0.1, 0.15) is 6.54 Å². The molecule has 1 aliphatic rings. The van der Waals surface area contributed by atoms with Crippen molar-refractivity contribution in [2.45, 2.75) is 24.4 Å². The number of para-hydroxylation sites is 1. The minimum atomic E-state index is -3.67. The van der Waals surface area contributed by atoms with Crippen LogP contribution in [0.4, 0.5) is 0 Å². The van der Waals surface area contributed by atoms with Gasteiger partial charge in [-0.2, -0.15) is 4.31 Å². The Hall–Kier alpha value is -2.90. The highest BCUT2D eigenvalue weighted by Crippen LogP contribution is 2.46. The Morgan fingerprint density at radius 2 is 1.86 bits per heavy atom. The second-order valence-corrected chi connectivity index (χ2v) is 8.66. The number of carbonyl (C=O) groups is 1. The fraction of sp³-hybridized carbons (Fsp3) is 0.190. The van der Waals surface area contributed by atoms with E-state index in [1.165, 1.54) is 4.31 Å². The van der Waals surface area contributed by atoms with Crippen LogP contribution in [-0.2, 0) is 21.4 Å². The van der Waals surface area contributed by atoms with Crippen molar-refractivity contribution in [2.75, 3.05) is 6.54 Å². The highest BCUT2D eigenvalue weighted by atomic mass is 32.2.